The fourth-order valence-electron chi connectivity index (χ4n) is 5.76. The van der Waals surface area contributed by atoms with E-state index >= 15 is 0 Å². The molecule has 8 heteroatoms. The zero-order valence-electron chi connectivity index (χ0n) is 14.8. The number of nitro groups is 1. The van der Waals surface area contributed by atoms with Crippen LogP contribution in [0.5, 0.6) is 0 Å². The summed E-state index contributed by atoms with van der Waals surface area (Å²) in [6, 6.07) is 3.86. The molecule has 0 spiro atoms. The number of nitrogens with zero attached hydrogens (tertiary/aromatic N) is 1. The molecule has 5 rings (SSSR count). The van der Waals surface area contributed by atoms with Crippen molar-refractivity contribution in [1.29, 1.82) is 0 Å². The lowest BCUT2D eigenvalue weighted by Gasteiger charge is -2.58. The molecule has 4 fully saturated rings. The topological polar surface area (TPSA) is 133 Å². The largest absolute Gasteiger partial charge is 0.460 e. The van der Waals surface area contributed by atoms with Gasteiger partial charge >= 0.3 is 5.97 Å². The minimum atomic E-state index is -0.780. The third-order valence-corrected chi connectivity index (χ3v) is 6.39. The molecule has 4 saturated carbocycles. The Kier molecular flexibility index (Phi) is 3.99. The molecular formula is C19H22N2O6. The lowest BCUT2D eigenvalue weighted by atomic mass is 9.48. The van der Waals surface area contributed by atoms with Gasteiger partial charge in [0.1, 0.15) is 6.61 Å². The van der Waals surface area contributed by atoms with Crippen LogP contribution in [-0.4, -0.2) is 27.5 Å². The predicted molar refractivity (Wildman–Crippen MR) is 93.5 cm³/mol. The highest BCUT2D eigenvalue weighted by Gasteiger charge is 2.60. The van der Waals surface area contributed by atoms with Crippen molar-refractivity contribution in [3.8, 4) is 0 Å². The van der Waals surface area contributed by atoms with Crippen molar-refractivity contribution in [1.82, 2.24) is 0 Å². The Labute approximate surface area is 155 Å². The number of rotatable bonds is 5. The molecule has 0 radical (unpaired) electrons. The molecule has 0 saturated heterocycles. The van der Waals surface area contributed by atoms with Gasteiger partial charge in [0.15, 0.2) is 0 Å². The van der Waals surface area contributed by atoms with E-state index in [-0.39, 0.29) is 29.4 Å². The maximum absolute atomic E-state index is 12.9. The Morgan fingerprint density at radius 2 is 1.93 bits per heavy atom. The van der Waals surface area contributed by atoms with E-state index in [2.05, 4.69) is 0 Å². The van der Waals surface area contributed by atoms with E-state index in [0.717, 1.165) is 25.3 Å². The van der Waals surface area contributed by atoms with Crippen LogP contribution in [0.2, 0.25) is 0 Å². The molecule has 3 N–H and O–H groups in total. The number of nitro benzene ring substituents is 1. The van der Waals surface area contributed by atoms with Gasteiger partial charge in [-0.3, -0.25) is 19.7 Å². The highest BCUT2D eigenvalue weighted by molar-refractivity contribution is 5.93. The molecule has 4 bridgehead atoms. The number of esters is 1. The summed E-state index contributed by atoms with van der Waals surface area (Å²) in [4.78, 5) is 34.8. The van der Waals surface area contributed by atoms with Crippen molar-refractivity contribution in [2.75, 3.05) is 0 Å². The fourth-order valence-corrected chi connectivity index (χ4v) is 5.76. The van der Waals surface area contributed by atoms with Crippen molar-refractivity contribution >= 4 is 17.6 Å². The van der Waals surface area contributed by atoms with E-state index in [4.69, 9.17) is 10.5 Å². The second kappa shape index (κ2) is 6.02. The van der Waals surface area contributed by atoms with Crippen molar-refractivity contribution in [2.45, 2.75) is 50.7 Å². The first-order valence-corrected chi connectivity index (χ1v) is 9.16. The molecule has 1 aromatic rings. The van der Waals surface area contributed by atoms with E-state index in [1.54, 1.807) is 0 Å². The third-order valence-electron chi connectivity index (χ3n) is 6.39. The SMILES string of the molecule is NC(=O)c1ccc(COC(=O)C23CC4CC(CC(O)(C4)C2)C3)c([N+](=O)[O-])c1. The van der Waals surface area contributed by atoms with Gasteiger partial charge in [0.05, 0.1) is 21.5 Å². The molecule has 0 aliphatic heterocycles. The minimum Gasteiger partial charge on any atom is -0.460 e. The summed E-state index contributed by atoms with van der Waals surface area (Å²) >= 11 is 0. The number of carbonyl (C=O) groups is 2. The van der Waals surface area contributed by atoms with E-state index < -0.39 is 21.8 Å². The maximum atomic E-state index is 12.9. The van der Waals surface area contributed by atoms with E-state index in [1.165, 1.54) is 12.1 Å². The quantitative estimate of drug-likeness (QED) is 0.460. The molecule has 27 heavy (non-hydrogen) atoms. The molecule has 0 heterocycles. The summed E-state index contributed by atoms with van der Waals surface area (Å²) in [6.07, 6.45) is 4.39. The lowest BCUT2D eigenvalue weighted by Crippen LogP contribution is -2.58. The van der Waals surface area contributed by atoms with Crippen LogP contribution in [0.3, 0.4) is 0 Å². The van der Waals surface area contributed by atoms with Gasteiger partial charge in [-0.25, -0.2) is 0 Å². The smallest absolute Gasteiger partial charge is 0.312 e. The van der Waals surface area contributed by atoms with Crippen LogP contribution in [0.1, 0.15) is 54.4 Å². The van der Waals surface area contributed by atoms with Gasteiger partial charge in [-0.1, -0.05) is 0 Å². The van der Waals surface area contributed by atoms with E-state index in [1.807, 2.05) is 0 Å². The van der Waals surface area contributed by atoms with Gasteiger partial charge in [-0.2, -0.15) is 0 Å². The van der Waals surface area contributed by atoms with Gasteiger partial charge in [0.25, 0.3) is 5.69 Å². The zero-order valence-corrected chi connectivity index (χ0v) is 14.8. The molecule has 1 aromatic carbocycles. The second-order valence-electron chi connectivity index (χ2n) is 8.51. The average molecular weight is 374 g/mol. The second-order valence-corrected chi connectivity index (χ2v) is 8.51. The molecule has 1 amide bonds. The van der Waals surface area contributed by atoms with E-state index in [0.29, 0.717) is 31.1 Å². The van der Waals surface area contributed by atoms with Crippen LogP contribution < -0.4 is 5.73 Å². The number of hydrogen-bond donors (Lipinski definition) is 2. The molecular weight excluding hydrogens is 352 g/mol. The monoisotopic (exact) mass is 374 g/mol. The van der Waals surface area contributed by atoms with Crippen LogP contribution in [0, 0.1) is 27.4 Å². The highest BCUT2D eigenvalue weighted by Crippen LogP contribution is 2.62. The van der Waals surface area contributed by atoms with Crippen LogP contribution in [0.25, 0.3) is 0 Å². The van der Waals surface area contributed by atoms with Gasteiger partial charge in [-0.05, 0) is 62.5 Å². The Bertz CT molecular complexity index is 821. The average Bonchev–Trinajstić information content (AvgIpc) is 2.57. The summed E-state index contributed by atoms with van der Waals surface area (Å²) in [5.74, 6) is -0.465. The lowest BCUT2D eigenvalue weighted by molar-refractivity contribution is -0.385. The first kappa shape index (κ1) is 17.9. The molecule has 144 valence electrons. The Hall–Kier alpha value is -2.48. The number of benzene rings is 1. The summed E-state index contributed by atoms with van der Waals surface area (Å²) in [6.45, 7) is -0.246. The number of primary amides is 1. The standard InChI is InChI=1S/C19H22N2O6/c20-16(22)13-1-2-14(15(4-13)21(25)26)9-27-17(23)18-5-11-3-12(6-18)8-19(24,7-11)10-18/h1-2,4,11-12,24H,3,5-10H2,(H2,20,22). The van der Waals surface area contributed by atoms with Gasteiger partial charge in [-0.15, -0.1) is 0 Å². The van der Waals surface area contributed by atoms with Crippen LogP contribution in [-0.2, 0) is 16.1 Å². The summed E-state index contributed by atoms with van der Waals surface area (Å²) in [7, 11) is 0. The summed E-state index contributed by atoms with van der Waals surface area (Å²) in [5, 5.41) is 22.0. The number of hydrogen-bond acceptors (Lipinski definition) is 6. The molecule has 0 aromatic heterocycles. The third kappa shape index (κ3) is 3.07. The molecule has 2 atom stereocenters. The number of aliphatic hydroxyl groups is 1. The van der Waals surface area contributed by atoms with Crippen molar-refractivity contribution in [3.63, 3.8) is 0 Å². The van der Waals surface area contributed by atoms with E-state index in [9.17, 15) is 24.8 Å². The van der Waals surface area contributed by atoms with Gasteiger partial charge < -0.3 is 15.6 Å². The first-order valence-electron chi connectivity index (χ1n) is 9.16. The number of ether oxygens (including phenoxy) is 1. The summed E-state index contributed by atoms with van der Waals surface area (Å²) in [5.41, 5.74) is 3.64. The van der Waals surface area contributed by atoms with Crippen LogP contribution >= 0.6 is 0 Å². The number of carbonyl (C=O) groups excluding carboxylic acids is 2. The normalized spacial score (nSPS) is 33.7. The predicted octanol–water partition coefficient (Wildman–Crippen LogP) is 2.07. The number of amides is 1. The van der Waals surface area contributed by atoms with Crippen molar-refractivity contribution < 1.29 is 24.4 Å². The van der Waals surface area contributed by atoms with Crippen LogP contribution in [0.4, 0.5) is 5.69 Å². The van der Waals surface area contributed by atoms with Gasteiger partial charge in [0.2, 0.25) is 5.91 Å². The molecule has 4 aliphatic carbocycles. The molecule has 4 aliphatic rings. The Balaban J connectivity index is 1.52. The highest BCUT2D eigenvalue weighted by atomic mass is 16.6. The van der Waals surface area contributed by atoms with Crippen molar-refractivity contribution in [3.05, 3.63) is 39.4 Å². The Morgan fingerprint density at radius 3 is 2.48 bits per heavy atom. The maximum Gasteiger partial charge on any atom is 0.312 e. The van der Waals surface area contributed by atoms with Crippen LogP contribution in [0.15, 0.2) is 18.2 Å². The molecule has 8 nitrogen and oxygen atoms in total. The fraction of sp³-hybridized carbons (Fsp3) is 0.579. The molecule has 2 unspecified atom stereocenters. The first-order chi connectivity index (χ1) is 12.7. The summed E-state index contributed by atoms with van der Waals surface area (Å²) < 4.78 is 5.48. The zero-order chi connectivity index (χ0) is 19.4. The minimum absolute atomic E-state index is 0.0279. The van der Waals surface area contributed by atoms with Crippen molar-refractivity contribution in [2.24, 2.45) is 23.0 Å². The van der Waals surface area contributed by atoms with Gasteiger partial charge in [0, 0.05) is 11.6 Å². The number of nitrogens with two attached hydrogens (primary N) is 1. The Morgan fingerprint density at radius 1 is 1.26 bits per heavy atom.